The molecule has 2 aliphatic rings. The van der Waals surface area contributed by atoms with Gasteiger partial charge in [-0.15, -0.1) is 0 Å². The molecule has 3 unspecified atom stereocenters. The highest BCUT2D eigenvalue weighted by molar-refractivity contribution is 5.17. The number of pyridine rings is 1. The standard InChI is InChI=1S/C15H22FN3/c1-17-15(11-5-12(16)9-18-8-11)10-6-13-3-4-14(7-10)19(13)2/h5,8-10,13-15,17H,3-4,6-7H2,1-2H3. The molecule has 4 heteroatoms. The average molecular weight is 263 g/mol. The minimum Gasteiger partial charge on any atom is -0.313 e. The first-order valence-corrected chi connectivity index (χ1v) is 7.18. The SMILES string of the molecule is CNC(c1cncc(F)c1)C1CC2CCC(C1)N2C. The predicted molar refractivity (Wildman–Crippen MR) is 73.3 cm³/mol. The number of aromatic nitrogens is 1. The van der Waals surface area contributed by atoms with Gasteiger partial charge in [-0.25, -0.2) is 4.39 Å². The fourth-order valence-electron chi connectivity index (χ4n) is 4.00. The largest absolute Gasteiger partial charge is 0.313 e. The van der Waals surface area contributed by atoms with Crippen LogP contribution >= 0.6 is 0 Å². The molecule has 2 bridgehead atoms. The van der Waals surface area contributed by atoms with Crippen LogP contribution in [-0.2, 0) is 0 Å². The van der Waals surface area contributed by atoms with E-state index in [2.05, 4.69) is 22.2 Å². The molecule has 0 saturated carbocycles. The zero-order valence-electron chi connectivity index (χ0n) is 11.6. The zero-order chi connectivity index (χ0) is 13.4. The van der Waals surface area contributed by atoms with Gasteiger partial charge in [-0.05, 0) is 57.3 Å². The number of fused-ring (bicyclic) bond motifs is 2. The van der Waals surface area contributed by atoms with E-state index in [0.717, 1.165) is 5.56 Å². The van der Waals surface area contributed by atoms with E-state index in [-0.39, 0.29) is 11.9 Å². The molecule has 0 amide bonds. The third-order valence-electron chi connectivity index (χ3n) is 5.00. The molecule has 3 atom stereocenters. The van der Waals surface area contributed by atoms with Crippen LogP contribution in [0.15, 0.2) is 18.5 Å². The Kier molecular flexibility index (Phi) is 3.54. The molecule has 2 aliphatic heterocycles. The van der Waals surface area contributed by atoms with E-state index < -0.39 is 0 Å². The summed E-state index contributed by atoms with van der Waals surface area (Å²) in [6, 6.07) is 3.26. The lowest BCUT2D eigenvalue weighted by atomic mass is 9.82. The van der Waals surface area contributed by atoms with Gasteiger partial charge < -0.3 is 10.2 Å². The van der Waals surface area contributed by atoms with Crippen molar-refractivity contribution in [1.82, 2.24) is 15.2 Å². The predicted octanol–water partition coefficient (Wildman–Crippen LogP) is 2.35. The Morgan fingerprint density at radius 3 is 2.58 bits per heavy atom. The van der Waals surface area contributed by atoms with Gasteiger partial charge in [0.2, 0.25) is 0 Å². The monoisotopic (exact) mass is 263 g/mol. The van der Waals surface area contributed by atoms with Crippen molar-refractivity contribution in [3.05, 3.63) is 29.8 Å². The summed E-state index contributed by atoms with van der Waals surface area (Å²) in [5, 5.41) is 3.37. The van der Waals surface area contributed by atoms with Crippen LogP contribution in [0, 0.1) is 11.7 Å². The van der Waals surface area contributed by atoms with Crippen LogP contribution in [0.4, 0.5) is 4.39 Å². The number of piperidine rings is 1. The zero-order valence-corrected chi connectivity index (χ0v) is 11.6. The van der Waals surface area contributed by atoms with Crippen LogP contribution in [-0.4, -0.2) is 36.1 Å². The van der Waals surface area contributed by atoms with Gasteiger partial charge in [-0.1, -0.05) is 0 Å². The molecule has 1 aromatic heterocycles. The van der Waals surface area contributed by atoms with Crippen LogP contribution in [0.5, 0.6) is 0 Å². The molecule has 0 aromatic carbocycles. The summed E-state index contributed by atoms with van der Waals surface area (Å²) in [5.74, 6) is 0.343. The Bertz CT molecular complexity index is 437. The topological polar surface area (TPSA) is 28.2 Å². The Labute approximate surface area is 114 Å². The van der Waals surface area contributed by atoms with E-state index in [1.807, 2.05) is 7.05 Å². The number of rotatable bonds is 3. The maximum absolute atomic E-state index is 13.4. The van der Waals surface area contributed by atoms with E-state index in [1.165, 1.54) is 31.9 Å². The minimum absolute atomic E-state index is 0.222. The number of hydrogen-bond acceptors (Lipinski definition) is 3. The van der Waals surface area contributed by atoms with Crippen LogP contribution < -0.4 is 5.32 Å². The van der Waals surface area contributed by atoms with Crippen LogP contribution in [0.1, 0.15) is 37.3 Å². The molecule has 19 heavy (non-hydrogen) atoms. The molecular weight excluding hydrogens is 241 g/mol. The fourth-order valence-corrected chi connectivity index (χ4v) is 4.00. The number of nitrogens with zero attached hydrogens (tertiary/aromatic N) is 2. The van der Waals surface area contributed by atoms with Crippen molar-refractivity contribution >= 4 is 0 Å². The molecule has 1 aromatic rings. The third kappa shape index (κ3) is 2.39. The molecule has 3 nitrogen and oxygen atoms in total. The smallest absolute Gasteiger partial charge is 0.141 e. The number of nitrogens with one attached hydrogen (secondary N) is 1. The maximum atomic E-state index is 13.4. The van der Waals surface area contributed by atoms with Gasteiger partial charge in [-0.2, -0.15) is 0 Å². The third-order valence-corrected chi connectivity index (χ3v) is 5.00. The second-order valence-corrected chi connectivity index (χ2v) is 5.98. The summed E-state index contributed by atoms with van der Waals surface area (Å²) in [7, 11) is 4.21. The van der Waals surface area contributed by atoms with Crippen LogP contribution in [0.25, 0.3) is 0 Å². The minimum atomic E-state index is -0.242. The summed E-state index contributed by atoms with van der Waals surface area (Å²) in [6.07, 6.45) is 8.11. The lowest BCUT2D eigenvalue weighted by molar-refractivity contribution is 0.114. The summed E-state index contributed by atoms with van der Waals surface area (Å²) in [4.78, 5) is 6.53. The highest BCUT2D eigenvalue weighted by Gasteiger charge is 2.41. The Morgan fingerprint density at radius 2 is 2.00 bits per heavy atom. The first-order valence-electron chi connectivity index (χ1n) is 7.18. The first kappa shape index (κ1) is 13.0. The van der Waals surface area contributed by atoms with E-state index >= 15 is 0 Å². The summed E-state index contributed by atoms with van der Waals surface area (Å²) >= 11 is 0. The van der Waals surface area contributed by atoms with E-state index in [4.69, 9.17) is 0 Å². The molecule has 0 radical (unpaired) electrons. The van der Waals surface area contributed by atoms with Crippen molar-refractivity contribution < 1.29 is 4.39 Å². The van der Waals surface area contributed by atoms with Gasteiger partial charge in [0.05, 0.1) is 6.20 Å². The lowest BCUT2D eigenvalue weighted by Gasteiger charge is -2.39. The number of halogens is 1. The maximum Gasteiger partial charge on any atom is 0.141 e. The molecule has 1 N–H and O–H groups in total. The van der Waals surface area contributed by atoms with E-state index in [1.54, 1.807) is 12.3 Å². The molecule has 2 saturated heterocycles. The van der Waals surface area contributed by atoms with Gasteiger partial charge in [0.1, 0.15) is 5.82 Å². The molecule has 0 aliphatic carbocycles. The van der Waals surface area contributed by atoms with Crippen molar-refractivity contribution in [3.8, 4) is 0 Å². The second kappa shape index (κ2) is 5.17. The quantitative estimate of drug-likeness (QED) is 0.907. The van der Waals surface area contributed by atoms with Crippen LogP contribution in [0.2, 0.25) is 0 Å². The summed E-state index contributed by atoms with van der Waals surface area (Å²) < 4.78 is 13.4. The van der Waals surface area contributed by atoms with Crippen molar-refractivity contribution in [3.63, 3.8) is 0 Å². The Morgan fingerprint density at radius 1 is 1.32 bits per heavy atom. The van der Waals surface area contributed by atoms with Crippen molar-refractivity contribution in [2.24, 2.45) is 5.92 Å². The second-order valence-electron chi connectivity index (χ2n) is 5.98. The first-order chi connectivity index (χ1) is 9.19. The Hall–Kier alpha value is -1.00. The summed E-state index contributed by atoms with van der Waals surface area (Å²) in [6.45, 7) is 0. The molecule has 104 valence electrons. The van der Waals surface area contributed by atoms with Crippen LogP contribution in [0.3, 0.4) is 0 Å². The number of hydrogen-bond donors (Lipinski definition) is 1. The van der Waals surface area contributed by atoms with Crippen molar-refractivity contribution in [2.75, 3.05) is 14.1 Å². The van der Waals surface area contributed by atoms with Crippen molar-refractivity contribution in [1.29, 1.82) is 0 Å². The highest BCUT2D eigenvalue weighted by atomic mass is 19.1. The van der Waals surface area contributed by atoms with Gasteiger partial charge in [0, 0.05) is 24.3 Å². The molecule has 0 spiro atoms. The van der Waals surface area contributed by atoms with Gasteiger partial charge in [-0.3, -0.25) is 4.98 Å². The lowest BCUT2D eigenvalue weighted by Crippen LogP contribution is -2.43. The Balaban J connectivity index is 1.80. The average Bonchev–Trinajstić information content (AvgIpc) is 2.63. The van der Waals surface area contributed by atoms with Crippen molar-refractivity contribution in [2.45, 2.75) is 43.8 Å². The molecular formula is C15H22FN3. The summed E-state index contributed by atoms with van der Waals surface area (Å²) in [5.41, 5.74) is 0.983. The van der Waals surface area contributed by atoms with Gasteiger partial charge in [0.25, 0.3) is 0 Å². The highest BCUT2D eigenvalue weighted by Crippen LogP contribution is 2.42. The van der Waals surface area contributed by atoms with Gasteiger partial charge in [0.15, 0.2) is 0 Å². The fraction of sp³-hybridized carbons (Fsp3) is 0.667. The van der Waals surface area contributed by atoms with Gasteiger partial charge >= 0.3 is 0 Å². The molecule has 3 heterocycles. The van der Waals surface area contributed by atoms with E-state index in [9.17, 15) is 4.39 Å². The normalized spacial score (nSPS) is 32.5. The van der Waals surface area contributed by atoms with E-state index in [0.29, 0.717) is 18.0 Å². The molecule has 2 fully saturated rings. The molecule has 3 rings (SSSR count).